The number of urea groups is 1. The van der Waals surface area contributed by atoms with E-state index < -0.39 is 17.6 Å². The third kappa shape index (κ3) is 4.73. The monoisotopic (exact) mass is 561 g/mol. The Bertz CT molecular complexity index is 1380. The van der Waals surface area contributed by atoms with Crippen LogP contribution in [0.15, 0.2) is 48.7 Å². The molecule has 3 heterocycles. The molecule has 3 aliphatic rings. The standard InChI is InChI=1S/C28H28ClF4N5O/c1-17-25-24(16-37(34-25)19-9-10-19)36(15-18-5-2-3-6-21(18)28(31,32)33)27(39)38(17)20-11-13-35(14-12-20)26-22(29)7-4-8-23(26)30/h2-8,16-17,19-20H,9-15H2,1H3/t17-/m1/s1. The summed E-state index contributed by atoms with van der Waals surface area (Å²) in [7, 11) is 0. The highest BCUT2D eigenvalue weighted by Gasteiger charge is 2.44. The van der Waals surface area contributed by atoms with E-state index in [2.05, 4.69) is 0 Å². The summed E-state index contributed by atoms with van der Waals surface area (Å²) in [6.07, 6.45) is 0.363. The number of aromatic nitrogens is 2. The van der Waals surface area contributed by atoms with Gasteiger partial charge in [-0.25, -0.2) is 9.18 Å². The number of amides is 2. The second-order valence-corrected chi connectivity index (χ2v) is 10.9. The highest BCUT2D eigenvalue weighted by molar-refractivity contribution is 6.33. The summed E-state index contributed by atoms with van der Waals surface area (Å²) in [6, 6.07) is 9.32. The molecule has 0 unspecified atom stereocenters. The summed E-state index contributed by atoms with van der Waals surface area (Å²) >= 11 is 6.28. The van der Waals surface area contributed by atoms with E-state index in [1.807, 2.05) is 16.5 Å². The van der Waals surface area contributed by atoms with Gasteiger partial charge in [0.1, 0.15) is 11.5 Å². The number of hydrogen-bond donors (Lipinski definition) is 0. The van der Waals surface area contributed by atoms with Crippen LogP contribution in [0.4, 0.5) is 33.7 Å². The van der Waals surface area contributed by atoms with Crippen molar-refractivity contribution >= 4 is 29.0 Å². The molecular weight excluding hydrogens is 534 g/mol. The first-order chi connectivity index (χ1) is 18.6. The lowest BCUT2D eigenvalue weighted by Crippen LogP contribution is -2.55. The molecule has 1 aromatic heterocycles. The molecule has 0 spiro atoms. The van der Waals surface area contributed by atoms with E-state index in [1.165, 1.54) is 23.1 Å². The highest BCUT2D eigenvalue weighted by atomic mass is 35.5. The molecule has 3 aromatic rings. The van der Waals surface area contributed by atoms with E-state index in [4.69, 9.17) is 16.7 Å². The van der Waals surface area contributed by atoms with Gasteiger partial charge in [0, 0.05) is 25.3 Å². The van der Waals surface area contributed by atoms with E-state index in [0.29, 0.717) is 48.0 Å². The first-order valence-corrected chi connectivity index (χ1v) is 13.5. The van der Waals surface area contributed by atoms with Crippen molar-refractivity contribution in [3.8, 4) is 0 Å². The Kier molecular flexibility index (Phi) is 6.48. The van der Waals surface area contributed by atoms with Gasteiger partial charge in [0.05, 0.1) is 40.6 Å². The fourth-order valence-electron chi connectivity index (χ4n) is 5.86. The van der Waals surface area contributed by atoms with Crippen LogP contribution in [0, 0.1) is 5.82 Å². The van der Waals surface area contributed by atoms with Crippen LogP contribution in [-0.4, -0.2) is 39.8 Å². The molecular formula is C28H28ClF4N5O. The zero-order chi connectivity index (χ0) is 27.5. The number of benzene rings is 2. The Labute approximate surface area is 228 Å². The second-order valence-electron chi connectivity index (χ2n) is 10.5. The molecule has 39 heavy (non-hydrogen) atoms. The number of rotatable bonds is 5. The molecule has 1 aliphatic carbocycles. The van der Waals surface area contributed by atoms with Crippen molar-refractivity contribution < 1.29 is 22.4 Å². The summed E-state index contributed by atoms with van der Waals surface area (Å²) in [4.78, 5) is 19.1. The summed E-state index contributed by atoms with van der Waals surface area (Å²) in [5.74, 6) is -0.395. The van der Waals surface area contributed by atoms with Crippen molar-refractivity contribution in [3.63, 3.8) is 0 Å². The van der Waals surface area contributed by atoms with Crippen molar-refractivity contribution in [2.24, 2.45) is 0 Å². The molecule has 2 amide bonds. The van der Waals surface area contributed by atoms with Crippen LogP contribution < -0.4 is 9.80 Å². The minimum Gasteiger partial charge on any atom is -0.368 e. The predicted octanol–water partition coefficient (Wildman–Crippen LogP) is 7.20. The van der Waals surface area contributed by atoms with Crippen LogP contribution in [0.2, 0.25) is 5.02 Å². The maximum atomic E-state index is 14.5. The van der Waals surface area contributed by atoms with Crippen molar-refractivity contribution in [1.82, 2.24) is 14.7 Å². The largest absolute Gasteiger partial charge is 0.416 e. The SMILES string of the molecule is C[C@@H]1c2nn(C3CC3)cc2N(Cc2ccccc2C(F)(F)F)C(=O)N1C1CCN(c2c(F)cccc2Cl)CC1. The molecule has 2 aromatic carbocycles. The molecule has 0 radical (unpaired) electrons. The summed E-state index contributed by atoms with van der Waals surface area (Å²) in [6.45, 7) is 2.68. The Morgan fingerprint density at radius 2 is 1.72 bits per heavy atom. The lowest BCUT2D eigenvalue weighted by molar-refractivity contribution is -0.138. The van der Waals surface area contributed by atoms with Gasteiger partial charge >= 0.3 is 12.2 Å². The zero-order valence-corrected chi connectivity index (χ0v) is 22.1. The summed E-state index contributed by atoms with van der Waals surface area (Å²) in [5.41, 5.74) is 0.872. The minimum atomic E-state index is -4.54. The van der Waals surface area contributed by atoms with Crippen molar-refractivity contribution in [1.29, 1.82) is 0 Å². The molecule has 0 bridgehead atoms. The van der Waals surface area contributed by atoms with Gasteiger partial charge in [-0.15, -0.1) is 0 Å². The Morgan fingerprint density at radius 3 is 2.38 bits per heavy atom. The fourth-order valence-corrected chi connectivity index (χ4v) is 6.14. The lowest BCUT2D eigenvalue weighted by Gasteiger charge is -2.46. The van der Waals surface area contributed by atoms with Crippen LogP contribution >= 0.6 is 11.6 Å². The summed E-state index contributed by atoms with van der Waals surface area (Å²) < 4.78 is 57.8. The predicted molar refractivity (Wildman–Crippen MR) is 140 cm³/mol. The van der Waals surface area contributed by atoms with Crippen LogP contribution in [0.1, 0.15) is 61.5 Å². The zero-order valence-electron chi connectivity index (χ0n) is 21.3. The summed E-state index contributed by atoms with van der Waals surface area (Å²) in [5, 5.41) is 5.14. The molecule has 6 rings (SSSR count). The number of para-hydroxylation sites is 1. The maximum absolute atomic E-state index is 14.5. The molecule has 2 aliphatic heterocycles. The number of hydrogen-bond acceptors (Lipinski definition) is 3. The molecule has 206 valence electrons. The van der Waals surface area contributed by atoms with E-state index >= 15 is 0 Å². The number of piperidine rings is 1. The smallest absolute Gasteiger partial charge is 0.368 e. The fraction of sp³-hybridized carbons (Fsp3) is 0.429. The number of nitrogens with zero attached hydrogens (tertiary/aromatic N) is 5. The number of alkyl halides is 3. The van der Waals surface area contributed by atoms with Crippen molar-refractivity contribution in [2.75, 3.05) is 22.9 Å². The van der Waals surface area contributed by atoms with Crippen LogP contribution in [0.5, 0.6) is 0 Å². The highest BCUT2D eigenvalue weighted by Crippen LogP contribution is 2.44. The Hall–Kier alpha value is -3.27. The number of fused-ring (bicyclic) bond motifs is 1. The molecule has 1 saturated heterocycles. The molecule has 11 heteroatoms. The number of anilines is 2. The van der Waals surface area contributed by atoms with Gasteiger partial charge in [-0.1, -0.05) is 35.9 Å². The number of carbonyl (C=O) groups is 1. The van der Waals surface area contributed by atoms with Gasteiger partial charge in [-0.3, -0.25) is 9.58 Å². The van der Waals surface area contributed by atoms with Crippen molar-refractivity contribution in [2.45, 2.75) is 63.5 Å². The minimum absolute atomic E-state index is 0.0296. The van der Waals surface area contributed by atoms with Gasteiger partial charge < -0.3 is 9.80 Å². The van der Waals surface area contributed by atoms with E-state index in [0.717, 1.165) is 18.9 Å². The second kappa shape index (κ2) is 9.73. The normalized spacial score (nSPS) is 20.5. The quantitative estimate of drug-likeness (QED) is 0.309. The first kappa shape index (κ1) is 26.0. The van der Waals surface area contributed by atoms with Gasteiger partial charge in [0.2, 0.25) is 0 Å². The average molecular weight is 562 g/mol. The molecule has 2 fully saturated rings. The Morgan fingerprint density at radius 1 is 1.00 bits per heavy atom. The molecule has 1 saturated carbocycles. The number of halogens is 5. The molecule has 6 nitrogen and oxygen atoms in total. The van der Waals surface area contributed by atoms with Gasteiger partial charge in [0.15, 0.2) is 0 Å². The van der Waals surface area contributed by atoms with Gasteiger partial charge in [-0.2, -0.15) is 18.3 Å². The number of carbonyl (C=O) groups excluding carboxylic acids is 1. The van der Waals surface area contributed by atoms with E-state index in [-0.39, 0.29) is 36.3 Å². The lowest BCUT2D eigenvalue weighted by atomic mass is 9.97. The molecule has 0 N–H and O–H groups in total. The van der Waals surface area contributed by atoms with Crippen LogP contribution in [0.25, 0.3) is 0 Å². The van der Waals surface area contributed by atoms with E-state index in [9.17, 15) is 22.4 Å². The third-order valence-corrected chi connectivity index (χ3v) is 8.28. The van der Waals surface area contributed by atoms with Gasteiger partial charge in [0.25, 0.3) is 0 Å². The third-order valence-electron chi connectivity index (χ3n) is 7.98. The van der Waals surface area contributed by atoms with E-state index in [1.54, 1.807) is 29.3 Å². The van der Waals surface area contributed by atoms with Crippen LogP contribution in [0.3, 0.4) is 0 Å². The first-order valence-electron chi connectivity index (χ1n) is 13.2. The molecule has 1 atom stereocenters. The van der Waals surface area contributed by atoms with Crippen LogP contribution in [-0.2, 0) is 12.7 Å². The van der Waals surface area contributed by atoms with Crippen molar-refractivity contribution in [3.05, 3.63) is 76.3 Å². The van der Waals surface area contributed by atoms with Gasteiger partial charge in [-0.05, 0) is 56.4 Å². The topological polar surface area (TPSA) is 44.6 Å². The Balaban J connectivity index is 1.31. The average Bonchev–Trinajstić information content (AvgIpc) is 3.65. The maximum Gasteiger partial charge on any atom is 0.416 e.